The molecule has 1 unspecified atom stereocenters. The van der Waals surface area contributed by atoms with Crippen LogP contribution in [-0.2, 0) is 16.0 Å². The number of benzene rings is 1. The highest BCUT2D eigenvalue weighted by atomic mass is 16.5. The van der Waals surface area contributed by atoms with E-state index in [4.69, 9.17) is 4.74 Å². The molecule has 0 radical (unpaired) electrons. The van der Waals surface area contributed by atoms with Crippen LogP contribution in [0, 0.1) is 5.92 Å². The first-order chi connectivity index (χ1) is 9.54. The maximum Gasteiger partial charge on any atom is 0.306 e. The minimum absolute atomic E-state index is 0.0931. The van der Waals surface area contributed by atoms with Crippen molar-refractivity contribution < 1.29 is 19.4 Å². The van der Waals surface area contributed by atoms with E-state index in [0.29, 0.717) is 31.7 Å². The van der Waals surface area contributed by atoms with Crippen LogP contribution in [0.2, 0.25) is 0 Å². The van der Waals surface area contributed by atoms with E-state index in [1.165, 1.54) is 6.92 Å². The fourth-order valence-corrected chi connectivity index (χ4v) is 2.60. The van der Waals surface area contributed by atoms with Gasteiger partial charge in [-0.1, -0.05) is 12.1 Å². The maximum absolute atomic E-state index is 11.9. The predicted octanol–water partition coefficient (Wildman–Crippen LogP) is 2.09. The smallest absolute Gasteiger partial charge is 0.306 e. The topological polar surface area (TPSA) is 66.8 Å². The summed E-state index contributed by atoms with van der Waals surface area (Å²) in [4.78, 5) is 24.8. The second kappa shape index (κ2) is 5.94. The summed E-state index contributed by atoms with van der Waals surface area (Å²) in [6, 6.07) is 5.53. The van der Waals surface area contributed by atoms with E-state index in [-0.39, 0.29) is 5.91 Å². The molecule has 1 amide bonds. The summed E-state index contributed by atoms with van der Waals surface area (Å²) in [6.07, 6.45) is 0.879. The minimum atomic E-state index is -0.817. The summed E-state index contributed by atoms with van der Waals surface area (Å²) in [7, 11) is 0. The van der Waals surface area contributed by atoms with Crippen LogP contribution in [0.5, 0.6) is 5.75 Å². The van der Waals surface area contributed by atoms with Gasteiger partial charge in [-0.15, -0.1) is 0 Å². The van der Waals surface area contributed by atoms with Crippen LogP contribution in [0.3, 0.4) is 0 Å². The van der Waals surface area contributed by atoms with Crippen LogP contribution in [0.25, 0.3) is 0 Å². The quantitative estimate of drug-likeness (QED) is 0.918. The number of carboxylic acids is 1. The van der Waals surface area contributed by atoms with Gasteiger partial charge in [0.05, 0.1) is 18.2 Å². The third-order valence-corrected chi connectivity index (χ3v) is 3.55. The lowest BCUT2D eigenvalue weighted by Gasteiger charge is -2.23. The molecule has 108 valence electrons. The molecule has 0 saturated heterocycles. The Kier molecular flexibility index (Phi) is 4.27. The fraction of sp³-hybridized carbons (Fsp3) is 0.467. The molecular weight excluding hydrogens is 258 g/mol. The molecule has 0 aromatic heterocycles. The summed E-state index contributed by atoms with van der Waals surface area (Å²) in [5, 5.41) is 9.25. The normalized spacial score (nSPS) is 18.1. The number of hydrogen-bond donors (Lipinski definition) is 1. The number of carbonyl (C=O) groups is 2. The number of carbonyl (C=O) groups excluding carboxylic acids is 1. The lowest BCUT2D eigenvalue weighted by atomic mass is 9.97. The predicted molar refractivity (Wildman–Crippen MR) is 75.1 cm³/mol. The Bertz CT molecular complexity index is 527. The second-order valence-corrected chi connectivity index (χ2v) is 4.90. The SMILES string of the molecule is CCOc1cccc2c1N(C(C)=O)CCC(C(=O)O)C2. The zero-order valence-corrected chi connectivity index (χ0v) is 11.8. The van der Waals surface area contributed by atoms with Gasteiger partial charge >= 0.3 is 5.97 Å². The number of rotatable bonds is 3. The maximum atomic E-state index is 11.9. The largest absolute Gasteiger partial charge is 0.492 e. The van der Waals surface area contributed by atoms with Crippen LogP contribution in [-0.4, -0.2) is 30.1 Å². The Labute approximate surface area is 118 Å². The van der Waals surface area contributed by atoms with Gasteiger partial charge in [0.15, 0.2) is 0 Å². The fourth-order valence-electron chi connectivity index (χ4n) is 2.60. The highest BCUT2D eigenvalue weighted by Crippen LogP contribution is 2.37. The molecule has 0 bridgehead atoms. The van der Waals surface area contributed by atoms with Crippen LogP contribution in [0.1, 0.15) is 25.8 Å². The molecule has 5 heteroatoms. The molecule has 0 spiro atoms. The van der Waals surface area contributed by atoms with Gasteiger partial charge in [-0.25, -0.2) is 0 Å². The number of fused-ring (bicyclic) bond motifs is 1. The number of amides is 1. The Morgan fingerprint density at radius 1 is 1.45 bits per heavy atom. The van der Waals surface area contributed by atoms with Gasteiger partial charge in [0.25, 0.3) is 0 Å². The van der Waals surface area contributed by atoms with E-state index in [2.05, 4.69) is 0 Å². The summed E-state index contributed by atoms with van der Waals surface area (Å²) >= 11 is 0. The number of carboxylic acid groups (broad SMARTS) is 1. The van der Waals surface area contributed by atoms with Crippen molar-refractivity contribution in [2.45, 2.75) is 26.7 Å². The average molecular weight is 277 g/mol. The highest BCUT2D eigenvalue weighted by Gasteiger charge is 2.29. The van der Waals surface area contributed by atoms with Gasteiger partial charge in [0.1, 0.15) is 5.75 Å². The van der Waals surface area contributed by atoms with E-state index in [1.807, 2.05) is 25.1 Å². The number of hydrogen-bond acceptors (Lipinski definition) is 3. The molecule has 5 nitrogen and oxygen atoms in total. The lowest BCUT2D eigenvalue weighted by molar-refractivity contribution is -0.141. The number of anilines is 1. The highest BCUT2D eigenvalue weighted by molar-refractivity contribution is 5.94. The van der Waals surface area contributed by atoms with Gasteiger partial charge in [0, 0.05) is 13.5 Å². The molecule has 0 saturated carbocycles. The number of aliphatic carboxylic acids is 1. The van der Waals surface area contributed by atoms with Gasteiger partial charge in [-0.05, 0) is 31.4 Å². The van der Waals surface area contributed by atoms with Crippen molar-refractivity contribution in [3.8, 4) is 5.75 Å². The van der Waals surface area contributed by atoms with Gasteiger partial charge in [-0.3, -0.25) is 9.59 Å². The van der Waals surface area contributed by atoms with Crippen molar-refractivity contribution >= 4 is 17.6 Å². The van der Waals surface area contributed by atoms with Crippen molar-refractivity contribution in [1.29, 1.82) is 0 Å². The third-order valence-electron chi connectivity index (χ3n) is 3.55. The molecule has 0 aliphatic carbocycles. The first-order valence-electron chi connectivity index (χ1n) is 6.80. The van der Waals surface area contributed by atoms with E-state index in [1.54, 1.807) is 4.90 Å². The molecule has 1 aromatic carbocycles. The van der Waals surface area contributed by atoms with Crippen LogP contribution < -0.4 is 9.64 Å². The van der Waals surface area contributed by atoms with Gasteiger partial charge < -0.3 is 14.7 Å². The lowest BCUT2D eigenvalue weighted by Crippen LogP contribution is -2.30. The zero-order chi connectivity index (χ0) is 14.7. The molecule has 1 N–H and O–H groups in total. The van der Waals surface area contributed by atoms with E-state index < -0.39 is 11.9 Å². The Balaban J connectivity index is 2.49. The molecule has 1 heterocycles. The molecule has 0 fully saturated rings. The van der Waals surface area contributed by atoms with Crippen molar-refractivity contribution in [2.24, 2.45) is 5.92 Å². The zero-order valence-electron chi connectivity index (χ0n) is 11.8. The molecule has 20 heavy (non-hydrogen) atoms. The van der Waals surface area contributed by atoms with Crippen molar-refractivity contribution in [2.75, 3.05) is 18.1 Å². The van der Waals surface area contributed by atoms with Crippen LogP contribution >= 0.6 is 0 Å². The monoisotopic (exact) mass is 277 g/mol. The summed E-state index contributed by atoms with van der Waals surface area (Å²) in [5.74, 6) is -0.728. The molecule has 1 aliphatic heterocycles. The first-order valence-corrected chi connectivity index (χ1v) is 6.80. The Morgan fingerprint density at radius 3 is 2.80 bits per heavy atom. The number of ether oxygens (including phenoxy) is 1. The Hall–Kier alpha value is -2.04. The van der Waals surface area contributed by atoms with Crippen LogP contribution in [0.4, 0.5) is 5.69 Å². The minimum Gasteiger partial charge on any atom is -0.492 e. The Morgan fingerprint density at radius 2 is 2.20 bits per heavy atom. The first kappa shape index (κ1) is 14.4. The number of para-hydroxylation sites is 1. The number of nitrogens with zero attached hydrogens (tertiary/aromatic N) is 1. The third kappa shape index (κ3) is 2.76. The average Bonchev–Trinajstić information content (AvgIpc) is 2.59. The standard InChI is InChI=1S/C15H19NO4/c1-3-20-13-6-4-5-11-9-12(15(18)19)7-8-16(10(2)17)14(11)13/h4-6,12H,3,7-9H2,1-2H3,(H,18,19). The van der Waals surface area contributed by atoms with E-state index in [0.717, 1.165) is 11.3 Å². The summed E-state index contributed by atoms with van der Waals surface area (Å²) in [5.41, 5.74) is 1.58. The van der Waals surface area contributed by atoms with Gasteiger partial charge in [-0.2, -0.15) is 0 Å². The van der Waals surface area contributed by atoms with Crippen molar-refractivity contribution in [3.63, 3.8) is 0 Å². The molecule has 1 atom stereocenters. The summed E-state index contributed by atoms with van der Waals surface area (Å²) in [6.45, 7) is 4.29. The molecule has 1 aromatic rings. The van der Waals surface area contributed by atoms with E-state index >= 15 is 0 Å². The molecule has 1 aliphatic rings. The summed E-state index contributed by atoms with van der Waals surface area (Å²) < 4.78 is 5.59. The molecular formula is C15H19NO4. The van der Waals surface area contributed by atoms with E-state index in [9.17, 15) is 14.7 Å². The van der Waals surface area contributed by atoms with Crippen molar-refractivity contribution in [3.05, 3.63) is 23.8 Å². The second-order valence-electron chi connectivity index (χ2n) is 4.90. The van der Waals surface area contributed by atoms with Gasteiger partial charge in [0.2, 0.25) is 5.91 Å². The van der Waals surface area contributed by atoms with Crippen molar-refractivity contribution in [1.82, 2.24) is 0 Å². The molecule has 2 rings (SSSR count). The van der Waals surface area contributed by atoms with Crippen LogP contribution in [0.15, 0.2) is 18.2 Å².